The van der Waals surface area contributed by atoms with Crippen molar-refractivity contribution in [2.45, 2.75) is 19.4 Å². The fraction of sp³-hybridized carbons (Fsp3) is 0.242. The second-order valence-corrected chi connectivity index (χ2v) is 10.9. The summed E-state index contributed by atoms with van der Waals surface area (Å²) in [5.41, 5.74) is 5.14. The van der Waals surface area contributed by atoms with Gasteiger partial charge < -0.3 is 25.8 Å². The van der Waals surface area contributed by atoms with Crippen molar-refractivity contribution in [2.75, 3.05) is 43.7 Å². The minimum atomic E-state index is -0.424. The highest BCUT2D eigenvalue weighted by atomic mass is 19.1. The summed E-state index contributed by atoms with van der Waals surface area (Å²) in [6.07, 6.45) is 1.70. The van der Waals surface area contributed by atoms with Crippen LogP contribution in [-0.2, 0) is 11.3 Å². The van der Waals surface area contributed by atoms with Crippen LogP contribution in [0.3, 0.4) is 0 Å². The van der Waals surface area contributed by atoms with Gasteiger partial charge in [0, 0.05) is 57.8 Å². The monoisotopic (exact) mass is 595 g/mol. The fourth-order valence-corrected chi connectivity index (χ4v) is 4.86. The SMILES string of the molecule is CNC(=O)c1nnc(NC(=O)C2CC2)cc1Nc1cccc(-c2ccc(C(=O)N(C)Cc3ccc(F)cc3)cc2)c1N(C)C. The Morgan fingerprint density at radius 2 is 1.61 bits per heavy atom. The summed E-state index contributed by atoms with van der Waals surface area (Å²) in [5.74, 6) is -0.767. The zero-order valence-electron chi connectivity index (χ0n) is 25.0. The van der Waals surface area contributed by atoms with E-state index in [1.54, 1.807) is 42.3 Å². The van der Waals surface area contributed by atoms with Crippen molar-refractivity contribution >= 4 is 40.6 Å². The third-order valence-corrected chi connectivity index (χ3v) is 7.31. The Morgan fingerprint density at radius 3 is 2.25 bits per heavy atom. The lowest BCUT2D eigenvalue weighted by atomic mass is 10.00. The highest BCUT2D eigenvalue weighted by Crippen LogP contribution is 2.38. The second kappa shape index (κ2) is 12.9. The van der Waals surface area contributed by atoms with E-state index < -0.39 is 5.91 Å². The van der Waals surface area contributed by atoms with Gasteiger partial charge in [0.25, 0.3) is 11.8 Å². The van der Waals surface area contributed by atoms with Gasteiger partial charge in [-0.3, -0.25) is 14.4 Å². The zero-order chi connectivity index (χ0) is 31.4. The molecule has 1 aliphatic rings. The molecule has 226 valence electrons. The maximum atomic E-state index is 13.3. The molecule has 5 rings (SSSR count). The van der Waals surface area contributed by atoms with E-state index in [-0.39, 0.29) is 35.1 Å². The average Bonchev–Trinajstić information content (AvgIpc) is 3.87. The molecule has 0 spiro atoms. The van der Waals surface area contributed by atoms with Crippen LogP contribution in [0.5, 0.6) is 0 Å². The molecule has 11 heteroatoms. The number of rotatable bonds is 10. The molecule has 0 saturated heterocycles. The number of carbonyl (C=O) groups is 3. The zero-order valence-corrected chi connectivity index (χ0v) is 25.0. The molecule has 0 bridgehead atoms. The first-order valence-corrected chi connectivity index (χ1v) is 14.2. The first kappa shape index (κ1) is 30.1. The van der Waals surface area contributed by atoms with Crippen LogP contribution in [0.4, 0.5) is 27.3 Å². The van der Waals surface area contributed by atoms with Crippen molar-refractivity contribution in [3.63, 3.8) is 0 Å². The molecule has 3 N–H and O–H groups in total. The molecule has 0 radical (unpaired) electrons. The Bertz CT molecular complexity index is 1690. The molecule has 4 aromatic rings. The number of nitrogens with zero attached hydrogens (tertiary/aromatic N) is 4. The third kappa shape index (κ3) is 6.83. The van der Waals surface area contributed by atoms with Crippen LogP contribution in [0, 0.1) is 11.7 Å². The van der Waals surface area contributed by atoms with Crippen LogP contribution in [0.1, 0.15) is 39.3 Å². The lowest BCUT2D eigenvalue weighted by molar-refractivity contribution is -0.117. The van der Waals surface area contributed by atoms with Crippen LogP contribution in [0.2, 0.25) is 0 Å². The summed E-state index contributed by atoms with van der Waals surface area (Å²) >= 11 is 0. The molecule has 1 saturated carbocycles. The molecule has 1 aromatic heterocycles. The summed E-state index contributed by atoms with van der Waals surface area (Å²) in [5, 5.41) is 16.8. The number of halogens is 1. The summed E-state index contributed by atoms with van der Waals surface area (Å²) in [7, 11) is 7.05. The number of amides is 3. The quantitative estimate of drug-likeness (QED) is 0.234. The van der Waals surface area contributed by atoms with Crippen LogP contribution in [-0.4, -0.2) is 61.0 Å². The van der Waals surface area contributed by atoms with Gasteiger partial charge in [0.2, 0.25) is 5.91 Å². The molecule has 44 heavy (non-hydrogen) atoms. The summed E-state index contributed by atoms with van der Waals surface area (Å²) in [6, 6.07) is 20.8. The molecular formula is C33H34FN7O3. The largest absolute Gasteiger partial charge is 0.375 e. The summed E-state index contributed by atoms with van der Waals surface area (Å²) < 4.78 is 13.3. The molecule has 10 nitrogen and oxygen atoms in total. The minimum Gasteiger partial charge on any atom is -0.375 e. The number of para-hydroxylation sites is 1. The van der Waals surface area contributed by atoms with E-state index >= 15 is 0 Å². The van der Waals surface area contributed by atoms with Crippen molar-refractivity contribution in [3.05, 3.63) is 95.4 Å². The topological polar surface area (TPSA) is 120 Å². The molecule has 0 atom stereocenters. The molecule has 3 aromatic carbocycles. The molecule has 1 heterocycles. The van der Waals surface area contributed by atoms with E-state index in [0.717, 1.165) is 35.2 Å². The Hall–Kier alpha value is -5.32. The smallest absolute Gasteiger partial charge is 0.273 e. The number of benzene rings is 3. The lowest BCUT2D eigenvalue weighted by Crippen LogP contribution is -2.26. The first-order chi connectivity index (χ1) is 21.1. The van der Waals surface area contributed by atoms with Gasteiger partial charge in [0.1, 0.15) is 5.82 Å². The Labute approximate surface area is 255 Å². The van der Waals surface area contributed by atoms with Gasteiger partial charge in [-0.2, -0.15) is 0 Å². The van der Waals surface area contributed by atoms with Crippen LogP contribution in [0.25, 0.3) is 11.1 Å². The van der Waals surface area contributed by atoms with E-state index in [1.807, 2.05) is 49.3 Å². The van der Waals surface area contributed by atoms with Crippen LogP contribution in [0.15, 0.2) is 72.8 Å². The highest BCUT2D eigenvalue weighted by Gasteiger charge is 2.30. The highest BCUT2D eigenvalue weighted by molar-refractivity contribution is 6.01. The number of anilines is 4. The van der Waals surface area contributed by atoms with Crippen molar-refractivity contribution < 1.29 is 18.8 Å². The molecule has 3 amide bonds. The first-order valence-electron chi connectivity index (χ1n) is 14.2. The Kier molecular flexibility index (Phi) is 8.84. The predicted octanol–water partition coefficient (Wildman–Crippen LogP) is 5.07. The number of carbonyl (C=O) groups excluding carboxylic acids is 3. The van der Waals surface area contributed by atoms with Crippen molar-refractivity contribution in [1.82, 2.24) is 20.4 Å². The number of hydrogen-bond donors (Lipinski definition) is 3. The Morgan fingerprint density at radius 1 is 0.909 bits per heavy atom. The van der Waals surface area contributed by atoms with E-state index in [4.69, 9.17) is 0 Å². The standard InChI is InChI=1S/C33H34FN7O3/c1-35-32(43)29-27(18-28(38-39-29)37-31(42)22-12-13-22)36-26-7-5-6-25(30(26)40(2)3)21-10-14-23(15-11-21)33(44)41(4)19-20-8-16-24(34)17-9-20/h5-11,14-18,22H,12-13,19H2,1-4H3,(H,35,43)(H2,36,37,38,42). The van der Waals surface area contributed by atoms with Gasteiger partial charge in [-0.05, 0) is 54.3 Å². The molecule has 1 aliphatic carbocycles. The van der Waals surface area contributed by atoms with Gasteiger partial charge in [0.15, 0.2) is 11.5 Å². The lowest BCUT2D eigenvalue weighted by Gasteiger charge is -2.23. The average molecular weight is 596 g/mol. The molecule has 0 aliphatic heterocycles. The van der Waals surface area contributed by atoms with E-state index in [0.29, 0.717) is 23.5 Å². The fourth-order valence-electron chi connectivity index (χ4n) is 4.86. The Balaban J connectivity index is 1.41. The van der Waals surface area contributed by atoms with E-state index in [2.05, 4.69) is 26.1 Å². The van der Waals surface area contributed by atoms with Gasteiger partial charge in [0.05, 0.1) is 17.1 Å². The maximum absolute atomic E-state index is 13.3. The van der Waals surface area contributed by atoms with Crippen molar-refractivity contribution in [3.8, 4) is 11.1 Å². The van der Waals surface area contributed by atoms with Gasteiger partial charge >= 0.3 is 0 Å². The summed E-state index contributed by atoms with van der Waals surface area (Å²) in [4.78, 5) is 41.6. The van der Waals surface area contributed by atoms with Crippen LogP contribution < -0.4 is 20.9 Å². The molecular weight excluding hydrogens is 561 g/mol. The van der Waals surface area contributed by atoms with E-state index in [1.165, 1.54) is 19.2 Å². The van der Waals surface area contributed by atoms with Crippen LogP contribution >= 0.6 is 0 Å². The maximum Gasteiger partial charge on any atom is 0.273 e. The predicted molar refractivity (Wildman–Crippen MR) is 168 cm³/mol. The van der Waals surface area contributed by atoms with Gasteiger partial charge in [-0.1, -0.05) is 36.4 Å². The van der Waals surface area contributed by atoms with Crippen molar-refractivity contribution in [1.29, 1.82) is 0 Å². The number of aromatic nitrogens is 2. The number of hydrogen-bond acceptors (Lipinski definition) is 7. The van der Waals surface area contributed by atoms with Crippen molar-refractivity contribution in [2.24, 2.45) is 5.92 Å². The molecule has 1 fully saturated rings. The molecule has 0 unspecified atom stereocenters. The van der Waals surface area contributed by atoms with Gasteiger partial charge in [-0.15, -0.1) is 10.2 Å². The third-order valence-electron chi connectivity index (χ3n) is 7.31. The summed E-state index contributed by atoms with van der Waals surface area (Å²) in [6.45, 7) is 0.354. The number of nitrogens with one attached hydrogen (secondary N) is 3. The van der Waals surface area contributed by atoms with E-state index in [9.17, 15) is 18.8 Å². The normalized spacial score (nSPS) is 12.3. The minimum absolute atomic E-state index is 0.0132. The van der Waals surface area contributed by atoms with Gasteiger partial charge in [-0.25, -0.2) is 4.39 Å². The second-order valence-electron chi connectivity index (χ2n) is 10.9.